The highest BCUT2D eigenvalue weighted by Gasteiger charge is 3.05. The lowest BCUT2D eigenvalue weighted by atomic mass is 9.55. The molecule has 0 aromatic heterocycles. The monoisotopic (exact) mass is 408 g/mol. The van der Waals surface area contributed by atoms with Gasteiger partial charge in [0.05, 0.1) is 18.3 Å². The molecule has 0 aromatic rings. The van der Waals surface area contributed by atoms with E-state index in [2.05, 4.69) is 0 Å². The molecular weight excluding hydrogens is 394 g/mol. The molecule has 7 aliphatic rings. The van der Waals surface area contributed by atoms with Gasteiger partial charge in [0, 0.05) is 18.8 Å². The van der Waals surface area contributed by atoms with E-state index in [0.717, 1.165) is 6.92 Å². The zero-order chi connectivity index (χ0) is 20.2. The summed E-state index contributed by atoms with van der Waals surface area (Å²) >= 11 is 0. The fraction of sp³-hybridized carbons (Fsp3) is 0.722. The van der Waals surface area contributed by atoms with Crippen molar-refractivity contribution < 1.29 is 45.3 Å². The van der Waals surface area contributed by atoms with E-state index in [0.29, 0.717) is 0 Å². The summed E-state index contributed by atoms with van der Waals surface area (Å²) in [4.78, 5) is 11.8. The van der Waals surface area contributed by atoms with Gasteiger partial charge in [-0.1, -0.05) is 12.2 Å². The normalized spacial score (nSPS) is 54.4. The largest absolute Gasteiger partial charge is 0.451 e. The first-order chi connectivity index (χ1) is 12.9. The zero-order valence-corrected chi connectivity index (χ0v) is 14.5. The maximum Gasteiger partial charge on any atom is 0.401 e. The van der Waals surface area contributed by atoms with E-state index in [9.17, 15) is 31.1 Å². The van der Waals surface area contributed by atoms with E-state index in [-0.39, 0.29) is 11.1 Å². The highest BCUT2D eigenvalue weighted by atomic mass is 19.4. The van der Waals surface area contributed by atoms with Crippen molar-refractivity contribution in [2.75, 3.05) is 0 Å². The number of alkyl halides is 6. The second-order valence-corrected chi connectivity index (χ2v) is 8.49. The minimum atomic E-state index is -4.89. The van der Waals surface area contributed by atoms with Crippen LogP contribution in [0, 0.1) is 22.7 Å². The second kappa shape index (κ2) is 4.16. The summed E-state index contributed by atoms with van der Waals surface area (Å²) in [5.41, 5.74) is -7.97. The Morgan fingerprint density at radius 1 is 1.04 bits per heavy atom. The summed E-state index contributed by atoms with van der Waals surface area (Å²) in [7, 11) is 0. The number of hydrogen-bond donors (Lipinski definition) is 0. The Morgan fingerprint density at radius 3 is 2.29 bits per heavy atom. The molecule has 152 valence electrons. The lowest BCUT2D eigenvalue weighted by molar-refractivity contribution is -0.252. The molecule has 4 heterocycles. The predicted octanol–water partition coefficient (Wildman–Crippen LogP) is 3.08. The number of carbonyl (C=O) groups is 1. The van der Waals surface area contributed by atoms with Crippen molar-refractivity contribution in [1.29, 1.82) is 0 Å². The van der Waals surface area contributed by atoms with E-state index >= 15 is 0 Å². The summed E-state index contributed by atoms with van der Waals surface area (Å²) in [6.45, 7) is 2.17. The maximum absolute atomic E-state index is 14.6. The van der Waals surface area contributed by atoms with Crippen LogP contribution < -0.4 is 0 Å². The van der Waals surface area contributed by atoms with E-state index in [4.69, 9.17) is 14.2 Å². The molecule has 28 heavy (non-hydrogen) atoms. The van der Waals surface area contributed by atoms with Crippen molar-refractivity contribution in [1.82, 2.24) is 0 Å². The van der Waals surface area contributed by atoms with Gasteiger partial charge in [-0.15, -0.1) is 0 Å². The number of ether oxygens (including phenoxy) is 3. The number of fused-ring (bicyclic) bond motifs is 5. The summed E-state index contributed by atoms with van der Waals surface area (Å²) in [5.74, 6) is -3.93. The Labute approximate surface area is 154 Å². The summed E-state index contributed by atoms with van der Waals surface area (Å²) < 4.78 is 103. The molecule has 8 unspecified atom stereocenters. The van der Waals surface area contributed by atoms with Gasteiger partial charge >= 0.3 is 18.3 Å². The first-order valence-electron chi connectivity index (χ1n) is 8.92. The molecule has 8 bridgehead atoms. The van der Waals surface area contributed by atoms with E-state index in [1.807, 2.05) is 0 Å². The Hall–Kier alpha value is -1.55. The highest BCUT2D eigenvalue weighted by Crippen LogP contribution is 2.91. The zero-order valence-electron chi connectivity index (χ0n) is 14.5. The number of rotatable bonds is 1. The molecule has 0 aromatic carbocycles. The summed E-state index contributed by atoms with van der Waals surface area (Å²) in [6, 6.07) is 0. The SMILES string of the molecule is CC(=O)OC12C(C)=C3C4C=CC(O4)C3(C(F)(F)F)C3C4C(O[C@@H]31)C42C(F)(F)F. The van der Waals surface area contributed by atoms with Crippen molar-refractivity contribution in [3.63, 3.8) is 0 Å². The van der Waals surface area contributed by atoms with Crippen molar-refractivity contribution in [2.45, 2.75) is 56.2 Å². The number of hydrogen-bond acceptors (Lipinski definition) is 4. The fourth-order valence-corrected chi connectivity index (χ4v) is 7.43. The minimum Gasteiger partial charge on any atom is -0.451 e. The van der Waals surface area contributed by atoms with Crippen molar-refractivity contribution in [3.05, 3.63) is 23.3 Å². The van der Waals surface area contributed by atoms with Crippen LogP contribution in [0.3, 0.4) is 0 Å². The average Bonchev–Trinajstić information content (AvgIpc) is 3.04. The van der Waals surface area contributed by atoms with Gasteiger partial charge in [0.25, 0.3) is 0 Å². The van der Waals surface area contributed by atoms with Crippen molar-refractivity contribution >= 4 is 5.97 Å². The van der Waals surface area contributed by atoms with E-state index < -0.39 is 71.0 Å². The molecule has 7 rings (SSSR count). The van der Waals surface area contributed by atoms with Crippen LogP contribution in [-0.2, 0) is 19.0 Å². The molecule has 3 saturated heterocycles. The second-order valence-electron chi connectivity index (χ2n) is 8.49. The third-order valence-electron chi connectivity index (χ3n) is 7.88. The quantitative estimate of drug-likeness (QED) is 0.380. The molecule has 4 nitrogen and oxygen atoms in total. The standard InChI is InChI=1S/C18H14F6O4/c1-5-9-7-3-4-8(26-7)14(9,17(19,20)21)10-11-12-15(11,18(22,23)24)16(5,13(10)27-12)28-6(2)25/h3-4,7-8,10-13H,1-2H3/t7?,8?,10?,11?,12?,13-,14?,15?,16?/m0/s1. The van der Waals surface area contributed by atoms with Gasteiger partial charge in [0.2, 0.25) is 0 Å². The Bertz CT molecular complexity index is 905. The molecule has 0 spiro atoms. The van der Waals surface area contributed by atoms with E-state index in [1.165, 1.54) is 19.1 Å². The topological polar surface area (TPSA) is 44.8 Å². The molecule has 3 aliphatic carbocycles. The van der Waals surface area contributed by atoms with Gasteiger partial charge in [-0.2, -0.15) is 26.3 Å². The van der Waals surface area contributed by atoms with Crippen molar-refractivity contribution in [2.24, 2.45) is 22.7 Å². The van der Waals surface area contributed by atoms with Gasteiger partial charge in [-0.05, 0) is 18.1 Å². The Kier molecular flexibility index (Phi) is 2.58. The van der Waals surface area contributed by atoms with Gasteiger partial charge in [-0.3, -0.25) is 4.79 Å². The lowest BCUT2D eigenvalue weighted by Gasteiger charge is -2.50. The fourth-order valence-electron chi connectivity index (χ4n) is 7.43. The lowest BCUT2D eigenvalue weighted by Crippen LogP contribution is -2.63. The van der Waals surface area contributed by atoms with Crippen LogP contribution in [0.15, 0.2) is 23.3 Å². The molecule has 9 atom stereocenters. The molecule has 0 amide bonds. The molecule has 10 heteroatoms. The van der Waals surface area contributed by atoms with Crippen LogP contribution in [0.4, 0.5) is 26.3 Å². The average molecular weight is 408 g/mol. The third-order valence-corrected chi connectivity index (χ3v) is 7.88. The molecule has 5 fully saturated rings. The molecule has 0 N–H and O–H groups in total. The number of carbonyl (C=O) groups excluding carboxylic acids is 1. The molecule has 0 radical (unpaired) electrons. The number of esters is 1. The van der Waals surface area contributed by atoms with Crippen LogP contribution in [0.2, 0.25) is 0 Å². The number of halogens is 6. The first-order valence-corrected chi connectivity index (χ1v) is 8.92. The van der Waals surface area contributed by atoms with Gasteiger partial charge < -0.3 is 14.2 Å². The summed E-state index contributed by atoms with van der Waals surface area (Å²) in [6.07, 6.45) is -12.5. The van der Waals surface area contributed by atoms with Crippen LogP contribution in [0.1, 0.15) is 13.8 Å². The third kappa shape index (κ3) is 1.26. The van der Waals surface area contributed by atoms with Gasteiger partial charge in [-0.25, -0.2) is 0 Å². The smallest absolute Gasteiger partial charge is 0.401 e. The predicted molar refractivity (Wildman–Crippen MR) is 77.6 cm³/mol. The Morgan fingerprint density at radius 2 is 1.71 bits per heavy atom. The summed E-state index contributed by atoms with van der Waals surface area (Å²) in [5, 5.41) is 0. The molecular formula is C18H14F6O4. The maximum atomic E-state index is 14.6. The minimum absolute atomic E-state index is 0.224. The molecule has 2 saturated carbocycles. The van der Waals surface area contributed by atoms with Crippen molar-refractivity contribution in [3.8, 4) is 0 Å². The Balaban J connectivity index is 1.72. The van der Waals surface area contributed by atoms with Gasteiger partial charge in [0.1, 0.15) is 16.9 Å². The van der Waals surface area contributed by atoms with Gasteiger partial charge in [0.15, 0.2) is 5.60 Å². The van der Waals surface area contributed by atoms with E-state index in [1.54, 1.807) is 0 Å². The highest BCUT2D eigenvalue weighted by molar-refractivity contribution is 5.70. The first kappa shape index (κ1) is 17.3. The van der Waals surface area contributed by atoms with Crippen LogP contribution in [-0.4, -0.2) is 48.3 Å². The molecule has 4 aliphatic heterocycles. The van der Waals surface area contributed by atoms with Crippen LogP contribution >= 0.6 is 0 Å². The van der Waals surface area contributed by atoms with Crippen LogP contribution in [0.25, 0.3) is 0 Å². The van der Waals surface area contributed by atoms with Crippen LogP contribution in [0.5, 0.6) is 0 Å².